The van der Waals surface area contributed by atoms with Crippen molar-refractivity contribution in [2.75, 3.05) is 19.0 Å². The summed E-state index contributed by atoms with van der Waals surface area (Å²) in [5.41, 5.74) is 0.346. The standard InChI is InChI=1S/C13H17NO3S/c1-11(2)10-17-6-7-18(15,16)13-5-3-4-12(8-13)9-14/h3-5,8,11H,6-7,10H2,1-2H3. The molecule has 0 bridgehead atoms. The van der Waals surface area contributed by atoms with E-state index >= 15 is 0 Å². The van der Waals surface area contributed by atoms with Gasteiger partial charge in [-0.15, -0.1) is 0 Å². The molecule has 0 radical (unpaired) electrons. The van der Waals surface area contributed by atoms with E-state index in [4.69, 9.17) is 10.00 Å². The second kappa shape index (κ2) is 6.53. The van der Waals surface area contributed by atoms with Gasteiger partial charge in [-0.1, -0.05) is 19.9 Å². The molecule has 98 valence electrons. The number of nitriles is 1. The van der Waals surface area contributed by atoms with Crippen molar-refractivity contribution in [3.05, 3.63) is 29.8 Å². The summed E-state index contributed by atoms with van der Waals surface area (Å²) in [4.78, 5) is 0.176. The molecule has 0 spiro atoms. The fourth-order valence-electron chi connectivity index (χ4n) is 1.36. The van der Waals surface area contributed by atoms with Crippen LogP contribution < -0.4 is 0 Å². The summed E-state index contributed by atoms with van der Waals surface area (Å²) in [6.45, 7) is 4.74. The highest BCUT2D eigenvalue weighted by atomic mass is 32.2. The number of benzene rings is 1. The quantitative estimate of drug-likeness (QED) is 0.739. The molecule has 0 aliphatic rings. The smallest absolute Gasteiger partial charge is 0.180 e. The minimum Gasteiger partial charge on any atom is -0.380 e. The SMILES string of the molecule is CC(C)COCCS(=O)(=O)c1cccc(C#N)c1. The lowest BCUT2D eigenvalue weighted by molar-refractivity contribution is 0.123. The van der Waals surface area contributed by atoms with E-state index < -0.39 is 9.84 Å². The molecule has 0 aliphatic carbocycles. The first-order valence-electron chi connectivity index (χ1n) is 5.76. The molecule has 18 heavy (non-hydrogen) atoms. The van der Waals surface area contributed by atoms with Crippen LogP contribution in [0.4, 0.5) is 0 Å². The fourth-order valence-corrected chi connectivity index (χ4v) is 2.53. The molecular weight excluding hydrogens is 250 g/mol. The zero-order valence-corrected chi connectivity index (χ0v) is 11.4. The Labute approximate surface area is 108 Å². The first kappa shape index (κ1) is 14.7. The average molecular weight is 267 g/mol. The second-order valence-corrected chi connectivity index (χ2v) is 6.54. The molecule has 1 rings (SSSR count). The Bertz CT molecular complexity index is 529. The van der Waals surface area contributed by atoms with Crippen LogP contribution >= 0.6 is 0 Å². The van der Waals surface area contributed by atoms with Crippen LogP contribution in [0.2, 0.25) is 0 Å². The van der Waals surface area contributed by atoms with Gasteiger partial charge in [-0.2, -0.15) is 5.26 Å². The van der Waals surface area contributed by atoms with E-state index in [1.165, 1.54) is 12.1 Å². The minimum atomic E-state index is -3.37. The van der Waals surface area contributed by atoms with E-state index in [1.54, 1.807) is 12.1 Å². The normalized spacial score (nSPS) is 11.4. The van der Waals surface area contributed by atoms with E-state index in [9.17, 15) is 8.42 Å². The molecule has 0 atom stereocenters. The van der Waals surface area contributed by atoms with Crippen molar-refractivity contribution >= 4 is 9.84 Å². The molecule has 1 aromatic rings. The van der Waals surface area contributed by atoms with Gasteiger partial charge in [0.15, 0.2) is 9.84 Å². The summed E-state index contributed by atoms with van der Waals surface area (Å²) >= 11 is 0. The Morgan fingerprint density at radius 2 is 2.11 bits per heavy atom. The highest BCUT2D eigenvalue weighted by Crippen LogP contribution is 2.13. The summed E-state index contributed by atoms with van der Waals surface area (Å²) in [5.74, 6) is 0.323. The summed E-state index contributed by atoms with van der Waals surface area (Å²) in [5, 5.41) is 8.73. The van der Waals surface area contributed by atoms with Crippen LogP contribution in [0.15, 0.2) is 29.2 Å². The maximum atomic E-state index is 12.0. The molecular formula is C13H17NO3S. The Hall–Kier alpha value is -1.38. The summed E-state index contributed by atoms with van der Waals surface area (Å²) in [7, 11) is -3.37. The van der Waals surface area contributed by atoms with E-state index in [0.29, 0.717) is 18.1 Å². The predicted octanol–water partition coefficient (Wildman–Crippen LogP) is 2.00. The molecule has 0 saturated carbocycles. The molecule has 1 aromatic carbocycles. The molecule has 0 amide bonds. The van der Waals surface area contributed by atoms with Crippen LogP contribution in [0.3, 0.4) is 0 Å². The minimum absolute atomic E-state index is 0.0609. The Balaban J connectivity index is 2.66. The number of rotatable bonds is 6. The van der Waals surface area contributed by atoms with E-state index in [0.717, 1.165) is 0 Å². The van der Waals surface area contributed by atoms with Gasteiger partial charge in [-0.25, -0.2) is 8.42 Å². The summed E-state index contributed by atoms with van der Waals surface area (Å²) in [6, 6.07) is 7.96. The molecule has 5 heteroatoms. The number of ether oxygens (including phenoxy) is 1. The van der Waals surface area contributed by atoms with Crippen molar-refractivity contribution < 1.29 is 13.2 Å². The van der Waals surface area contributed by atoms with Gasteiger partial charge in [0.25, 0.3) is 0 Å². The Morgan fingerprint density at radius 3 is 2.72 bits per heavy atom. The van der Waals surface area contributed by atoms with E-state index in [2.05, 4.69) is 0 Å². The lowest BCUT2D eigenvalue weighted by Gasteiger charge is -2.07. The van der Waals surface area contributed by atoms with Gasteiger partial charge in [-0.05, 0) is 24.1 Å². The number of sulfone groups is 1. The van der Waals surface area contributed by atoms with E-state index in [1.807, 2.05) is 19.9 Å². The van der Waals surface area contributed by atoms with Crippen LogP contribution in [-0.4, -0.2) is 27.4 Å². The van der Waals surface area contributed by atoms with Crippen molar-refractivity contribution in [3.8, 4) is 6.07 Å². The number of nitrogens with zero attached hydrogens (tertiary/aromatic N) is 1. The second-order valence-electron chi connectivity index (χ2n) is 4.43. The van der Waals surface area contributed by atoms with Gasteiger partial charge in [0.2, 0.25) is 0 Å². The molecule has 0 N–H and O–H groups in total. The molecule has 0 heterocycles. The van der Waals surface area contributed by atoms with Gasteiger partial charge in [0, 0.05) is 6.61 Å². The summed E-state index contributed by atoms with van der Waals surface area (Å²) < 4.78 is 29.2. The van der Waals surface area contributed by atoms with Crippen molar-refractivity contribution in [1.82, 2.24) is 0 Å². The average Bonchev–Trinajstić information content (AvgIpc) is 2.34. The number of hydrogen-bond donors (Lipinski definition) is 0. The third-order valence-electron chi connectivity index (χ3n) is 2.27. The van der Waals surface area contributed by atoms with Crippen LogP contribution in [0.5, 0.6) is 0 Å². The van der Waals surface area contributed by atoms with Crippen LogP contribution in [0.1, 0.15) is 19.4 Å². The van der Waals surface area contributed by atoms with Crippen LogP contribution in [0.25, 0.3) is 0 Å². The predicted molar refractivity (Wildman–Crippen MR) is 68.9 cm³/mol. The molecule has 4 nitrogen and oxygen atoms in total. The monoisotopic (exact) mass is 267 g/mol. The molecule has 0 aliphatic heterocycles. The molecule has 0 aromatic heterocycles. The van der Waals surface area contributed by atoms with Gasteiger partial charge >= 0.3 is 0 Å². The van der Waals surface area contributed by atoms with Crippen LogP contribution in [0, 0.1) is 17.2 Å². The Morgan fingerprint density at radius 1 is 1.39 bits per heavy atom. The zero-order valence-electron chi connectivity index (χ0n) is 10.6. The first-order valence-corrected chi connectivity index (χ1v) is 7.41. The van der Waals surface area contributed by atoms with Crippen molar-refractivity contribution in [1.29, 1.82) is 5.26 Å². The topological polar surface area (TPSA) is 67.2 Å². The van der Waals surface area contributed by atoms with Crippen molar-refractivity contribution in [2.24, 2.45) is 5.92 Å². The maximum absolute atomic E-state index is 12.0. The van der Waals surface area contributed by atoms with Gasteiger partial charge in [-0.3, -0.25) is 0 Å². The maximum Gasteiger partial charge on any atom is 0.180 e. The highest BCUT2D eigenvalue weighted by Gasteiger charge is 2.14. The summed E-state index contributed by atoms with van der Waals surface area (Å²) in [6.07, 6.45) is 0. The molecule has 0 fully saturated rings. The van der Waals surface area contributed by atoms with Gasteiger partial charge in [0.1, 0.15) is 0 Å². The number of hydrogen-bond acceptors (Lipinski definition) is 4. The highest BCUT2D eigenvalue weighted by molar-refractivity contribution is 7.91. The van der Waals surface area contributed by atoms with Gasteiger partial charge in [0.05, 0.1) is 28.9 Å². The van der Waals surface area contributed by atoms with Crippen molar-refractivity contribution in [2.45, 2.75) is 18.7 Å². The van der Waals surface area contributed by atoms with E-state index in [-0.39, 0.29) is 17.3 Å². The fraction of sp³-hybridized carbons (Fsp3) is 0.462. The third-order valence-corrected chi connectivity index (χ3v) is 3.95. The van der Waals surface area contributed by atoms with Crippen molar-refractivity contribution in [3.63, 3.8) is 0 Å². The third kappa shape index (κ3) is 4.47. The Kier molecular flexibility index (Phi) is 5.32. The molecule has 0 saturated heterocycles. The zero-order chi connectivity index (χ0) is 13.6. The van der Waals surface area contributed by atoms with Gasteiger partial charge < -0.3 is 4.74 Å². The first-order chi connectivity index (χ1) is 8.45. The largest absolute Gasteiger partial charge is 0.380 e. The lowest BCUT2D eigenvalue weighted by atomic mass is 10.2. The molecule has 0 unspecified atom stereocenters. The van der Waals surface area contributed by atoms with Crippen LogP contribution in [-0.2, 0) is 14.6 Å². The lowest BCUT2D eigenvalue weighted by Crippen LogP contribution is -2.14.